The molecule has 0 unspecified atom stereocenters. The van der Waals surface area contributed by atoms with Gasteiger partial charge in [-0.2, -0.15) is 0 Å². The molecule has 40 heavy (non-hydrogen) atoms. The Kier molecular flexibility index (Phi) is 13.9. The molecule has 0 spiro atoms. The third kappa shape index (κ3) is 8.74. The fourth-order valence-corrected chi connectivity index (χ4v) is 6.61. The van der Waals surface area contributed by atoms with Gasteiger partial charge in [-0.05, 0) is 90.1 Å². The van der Waals surface area contributed by atoms with Crippen LogP contribution in [0.5, 0.6) is 17.2 Å². The van der Waals surface area contributed by atoms with Gasteiger partial charge in [-0.3, -0.25) is 0 Å². The maximum absolute atomic E-state index is 6.78. The summed E-state index contributed by atoms with van der Waals surface area (Å²) in [5.41, 5.74) is 7.95. The molecule has 3 aromatic rings. The van der Waals surface area contributed by atoms with E-state index in [0.29, 0.717) is 0 Å². The highest BCUT2D eigenvalue weighted by Gasteiger charge is 2.25. The minimum absolute atomic E-state index is 0.891. The highest BCUT2D eigenvalue weighted by molar-refractivity contribution is 7.43. The molecule has 0 saturated carbocycles. The Labute approximate surface area is 245 Å². The lowest BCUT2D eigenvalue weighted by Gasteiger charge is -2.24. The van der Waals surface area contributed by atoms with E-state index in [1.54, 1.807) is 0 Å². The third-order valence-electron chi connectivity index (χ3n) is 7.27. The van der Waals surface area contributed by atoms with Crippen molar-refractivity contribution in [3.05, 3.63) is 88.0 Å². The van der Waals surface area contributed by atoms with Crippen molar-refractivity contribution in [2.45, 2.75) is 119 Å². The van der Waals surface area contributed by atoms with Gasteiger partial charge in [0.25, 0.3) is 0 Å². The zero-order valence-corrected chi connectivity index (χ0v) is 26.7. The Morgan fingerprint density at radius 3 is 0.925 bits per heavy atom. The molecule has 0 N–H and O–H groups in total. The van der Waals surface area contributed by atoms with Gasteiger partial charge >= 0.3 is 8.60 Å². The summed E-state index contributed by atoms with van der Waals surface area (Å²) in [6, 6.07) is 19.3. The lowest BCUT2D eigenvalue weighted by molar-refractivity contribution is 0.382. The molecule has 0 amide bonds. The smallest absolute Gasteiger partial charge is 0.408 e. The lowest BCUT2D eigenvalue weighted by atomic mass is 9.99. The van der Waals surface area contributed by atoms with Crippen molar-refractivity contribution in [1.82, 2.24) is 0 Å². The molecule has 3 rings (SSSR count). The largest absolute Gasteiger partial charge is 0.530 e. The molecule has 0 saturated heterocycles. The van der Waals surface area contributed by atoms with Gasteiger partial charge < -0.3 is 13.6 Å². The molecule has 0 radical (unpaired) electrons. The summed E-state index contributed by atoms with van der Waals surface area (Å²) >= 11 is 0. The summed E-state index contributed by atoms with van der Waals surface area (Å²) in [5, 5.41) is 0. The molecular weight excluding hydrogens is 511 g/mol. The first-order valence-electron chi connectivity index (χ1n) is 15.8. The van der Waals surface area contributed by atoms with Gasteiger partial charge in [0.1, 0.15) is 17.2 Å². The highest BCUT2D eigenvalue weighted by Crippen LogP contribution is 2.46. The number of hydrogen-bond acceptors (Lipinski definition) is 3. The molecule has 0 aromatic heterocycles. The summed E-state index contributed by atoms with van der Waals surface area (Å²) in [7, 11) is -1.74. The molecule has 3 aromatic carbocycles. The first-order valence-corrected chi connectivity index (χ1v) is 16.9. The van der Waals surface area contributed by atoms with Crippen LogP contribution < -0.4 is 13.6 Å². The normalized spacial score (nSPS) is 11.2. The van der Waals surface area contributed by atoms with E-state index >= 15 is 0 Å². The van der Waals surface area contributed by atoms with Crippen LogP contribution in [0.25, 0.3) is 0 Å². The van der Waals surface area contributed by atoms with Crippen LogP contribution in [-0.2, 0) is 38.5 Å². The van der Waals surface area contributed by atoms with Crippen molar-refractivity contribution in [2.24, 2.45) is 0 Å². The first-order chi connectivity index (χ1) is 19.6. The van der Waals surface area contributed by atoms with Crippen LogP contribution in [0.4, 0.5) is 0 Å². The van der Waals surface area contributed by atoms with Crippen LogP contribution in [-0.4, -0.2) is 0 Å². The highest BCUT2D eigenvalue weighted by atomic mass is 31.2. The molecule has 0 aliphatic carbocycles. The summed E-state index contributed by atoms with van der Waals surface area (Å²) < 4.78 is 20.3. The van der Waals surface area contributed by atoms with Gasteiger partial charge in [0.05, 0.1) is 0 Å². The SMILES string of the molecule is CCCc1cccc(OP(Oc2cccc(CCC)c2CCC)Oc2cccc(CCC)c2CCC)c1CCC. The van der Waals surface area contributed by atoms with Gasteiger partial charge in [-0.15, -0.1) is 0 Å². The lowest BCUT2D eigenvalue weighted by Crippen LogP contribution is -2.09. The van der Waals surface area contributed by atoms with E-state index in [4.69, 9.17) is 13.6 Å². The van der Waals surface area contributed by atoms with Crippen molar-refractivity contribution in [3.63, 3.8) is 0 Å². The van der Waals surface area contributed by atoms with E-state index in [0.717, 1.165) is 94.3 Å². The Morgan fingerprint density at radius 2 is 0.675 bits per heavy atom. The molecule has 0 aliphatic rings. The minimum atomic E-state index is -1.74. The summed E-state index contributed by atoms with van der Waals surface area (Å²) in [6.45, 7) is 13.4. The Balaban J connectivity index is 2.08. The van der Waals surface area contributed by atoms with Gasteiger partial charge in [0.2, 0.25) is 0 Å². The van der Waals surface area contributed by atoms with Gasteiger partial charge in [-0.1, -0.05) is 116 Å². The average molecular weight is 563 g/mol. The predicted molar refractivity (Wildman–Crippen MR) is 172 cm³/mol. The fraction of sp³-hybridized carbons (Fsp3) is 0.500. The van der Waals surface area contributed by atoms with Crippen LogP contribution in [0, 0.1) is 0 Å². The molecule has 218 valence electrons. The van der Waals surface area contributed by atoms with Crippen LogP contribution in [0.1, 0.15) is 113 Å². The molecular formula is C36H51O3P. The van der Waals surface area contributed by atoms with Gasteiger partial charge in [0.15, 0.2) is 0 Å². The Hall–Kier alpha value is -2.51. The predicted octanol–water partition coefficient (Wildman–Crippen LogP) is 11.2. The molecule has 0 aliphatic heterocycles. The second kappa shape index (κ2) is 17.3. The Bertz CT molecular complexity index is 1030. The van der Waals surface area contributed by atoms with E-state index in [9.17, 15) is 0 Å². The first kappa shape index (κ1) is 32.0. The van der Waals surface area contributed by atoms with E-state index in [-0.39, 0.29) is 0 Å². The summed E-state index contributed by atoms with van der Waals surface area (Å²) in [6.07, 6.45) is 12.6. The third-order valence-corrected chi connectivity index (χ3v) is 8.30. The van der Waals surface area contributed by atoms with E-state index in [2.05, 4.69) is 96.1 Å². The summed E-state index contributed by atoms with van der Waals surface area (Å²) in [5.74, 6) is 2.67. The Morgan fingerprint density at radius 1 is 0.400 bits per heavy atom. The maximum atomic E-state index is 6.78. The van der Waals surface area contributed by atoms with Crippen molar-refractivity contribution in [3.8, 4) is 17.2 Å². The van der Waals surface area contributed by atoms with Crippen LogP contribution in [0.2, 0.25) is 0 Å². The summed E-state index contributed by atoms with van der Waals surface area (Å²) in [4.78, 5) is 0. The number of rotatable bonds is 18. The molecule has 4 heteroatoms. The maximum Gasteiger partial charge on any atom is 0.530 e. The monoisotopic (exact) mass is 562 g/mol. The minimum Gasteiger partial charge on any atom is -0.408 e. The topological polar surface area (TPSA) is 27.7 Å². The molecule has 0 atom stereocenters. The standard InChI is InChI=1S/C36H51O3P/c1-7-16-28-22-13-25-34(31(28)19-10-4)37-40(38-35-26-14-23-29(17-8-2)32(35)20-11-5)39-36-27-15-24-30(18-9-3)33(36)21-12-6/h13-15,22-27H,7-12,16-21H2,1-6H3. The van der Waals surface area contributed by atoms with E-state index < -0.39 is 8.60 Å². The van der Waals surface area contributed by atoms with Crippen LogP contribution in [0.15, 0.2) is 54.6 Å². The quantitative estimate of drug-likeness (QED) is 0.144. The number of hydrogen-bond donors (Lipinski definition) is 0. The van der Waals surface area contributed by atoms with Crippen molar-refractivity contribution < 1.29 is 13.6 Å². The van der Waals surface area contributed by atoms with Crippen LogP contribution in [0.3, 0.4) is 0 Å². The van der Waals surface area contributed by atoms with Gasteiger partial charge in [-0.25, -0.2) is 0 Å². The molecule has 3 nitrogen and oxygen atoms in total. The van der Waals surface area contributed by atoms with Crippen molar-refractivity contribution >= 4 is 8.60 Å². The molecule has 0 heterocycles. The zero-order chi connectivity index (χ0) is 28.7. The second-order valence-electron chi connectivity index (χ2n) is 10.7. The number of aryl methyl sites for hydroxylation is 3. The molecule has 0 fully saturated rings. The van der Waals surface area contributed by atoms with Crippen LogP contribution >= 0.6 is 8.60 Å². The zero-order valence-electron chi connectivity index (χ0n) is 25.9. The number of benzene rings is 3. The average Bonchev–Trinajstić information content (AvgIpc) is 2.94. The van der Waals surface area contributed by atoms with E-state index in [1.807, 2.05) is 0 Å². The molecule has 0 bridgehead atoms. The fourth-order valence-electron chi connectivity index (χ4n) is 5.50. The van der Waals surface area contributed by atoms with Gasteiger partial charge in [0, 0.05) is 0 Å². The van der Waals surface area contributed by atoms with Crippen molar-refractivity contribution in [1.29, 1.82) is 0 Å². The van der Waals surface area contributed by atoms with E-state index in [1.165, 1.54) is 33.4 Å². The second-order valence-corrected chi connectivity index (χ2v) is 11.7. The van der Waals surface area contributed by atoms with Crippen molar-refractivity contribution in [2.75, 3.05) is 0 Å².